The summed E-state index contributed by atoms with van der Waals surface area (Å²) in [5.41, 5.74) is 0. The van der Waals surface area contributed by atoms with Crippen molar-refractivity contribution in [3.63, 3.8) is 0 Å². The molecule has 0 saturated carbocycles. The van der Waals surface area contributed by atoms with E-state index in [0.717, 1.165) is 38.5 Å². The van der Waals surface area contributed by atoms with Gasteiger partial charge in [-0.25, -0.2) is 0 Å². The second-order valence-corrected chi connectivity index (χ2v) is 18.5. The SMILES string of the molecule is CCCCCCCCC(=O)N[C@@H](CC(C)C)C(=O)N[C@@H](CCC(=O)NC)CSSC[C@H](CCC(=O)NC)NC(=O)[C@H](CC(C)C)NC(=O)CCCCCCCC. The van der Waals surface area contributed by atoms with Gasteiger partial charge in [0.25, 0.3) is 0 Å². The lowest BCUT2D eigenvalue weighted by Gasteiger charge is -2.25. The molecular formula is C42H80N6O6S2. The van der Waals surface area contributed by atoms with Crippen molar-refractivity contribution in [2.24, 2.45) is 11.8 Å². The van der Waals surface area contributed by atoms with E-state index < -0.39 is 12.1 Å². The van der Waals surface area contributed by atoms with Crippen molar-refractivity contribution in [1.29, 1.82) is 0 Å². The Bertz CT molecular complexity index is 1030. The minimum absolute atomic E-state index is 0.119. The first-order valence-electron chi connectivity index (χ1n) is 21.6. The molecule has 0 aromatic carbocycles. The smallest absolute Gasteiger partial charge is 0.242 e. The van der Waals surface area contributed by atoms with Gasteiger partial charge in [-0.1, -0.05) is 127 Å². The molecule has 0 aliphatic carbocycles. The highest BCUT2D eigenvalue weighted by Crippen LogP contribution is 2.25. The Morgan fingerprint density at radius 1 is 0.446 bits per heavy atom. The fraction of sp³-hybridized carbons (Fsp3) is 0.857. The average Bonchev–Trinajstić information content (AvgIpc) is 3.15. The van der Waals surface area contributed by atoms with Crippen LogP contribution in [0.3, 0.4) is 0 Å². The molecule has 6 N–H and O–H groups in total. The first-order valence-corrected chi connectivity index (χ1v) is 24.1. The summed E-state index contributed by atoms with van der Waals surface area (Å²) in [4.78, 5) is 77.2. The minimum Gasteiger partial charge on any atom is -0.359 e. The molecule has 4 atom stereocenters. The number of amides is 6. The summed E-state index contributed by atoms with van der Waals surface area (Å²) in [5.74, 6) is 0.357. The van der Waals surface area contributed by atoms with Gasteiger partial charge in [-0.3, -0.25) is 28.8 Å². The highest BCUT2D eigenvalue weighted by atomic mass is 33.1. The van der Waals surface area contributed by atoms with Gasteiger partial charge >= 0.3 is 0 Å². The van der Waals surface area contributed by atoms with E-state index in [1.807, 2.05) is 27.7 Å². The van der Waals surface area contributed by atoms with E-state index in [1.165, 1.54) is 60.1 Å². The lowest BCUT2D eigenvalue weighted by atomic mass is 10.0. The summed E-state index contributed by atoms with van der Waals surface area (Å²) in [6.45, 7) is 12.4. The second-order valence-electron chi connectivity index (χ2n) is 15.9. The molecule has 0 fully saturated rings. The third-order valence-corrected chi connectivity index (χ3v) is 12.1. The summed E-state index contributed by atoms with van der Waals surface area (Å²) >= 11 is 0. The van der Waals surface area contributed by atoms with Crippen molar-refractivity contribution in [2.45, 2.75) is 194 Å². The summed E-state index contributed by atoms with van der Waals surface area (Å²) in [6.07, 6.45) is 16.0. The number of hydrogen-bond donors (Lipinski definition) is 6. The Labute approximate surface area is 348 Å². The van der Waals surface area contributed by atoms with E-state index in [0.29, 0.717) is 50.0 Å². The molecule has 56 heavy (non-hydrogen) atoms. The van der Waals surface area contributed by atoms with Gasteiger partial charge in [0.1, 0.15) is 12.1 Å². The Balaban J connectivity index is 5.53. The lowest BCUT2D eigenvalue weighted by Crippen LogP contribution is -2.51. The van der Waals surface area contributed by atoms with Gasteiger partial charge in [0.2, 0.25) is 35.4 Å². The molecular weight excluding hydrogens is 749 g/mol. The maximum Gasteiger partial charge on any atom is 0.242 e. The third-order valence-electron chi connectivity index (χ3n) is 9.54. The fourth-order valence-electron chi connectivity index (χ4n) is 6.19. The van der Waals surface area contributed by atoms with Crippen LogP contribution in [0.4, 0.5) is 0 Å². The summed E-state index contributed by atoms with van der Waals surface area (Å²) in [7, 11) is 6.21. The van der Waals surface area contributed by atoms with Gasteiger partial charge < -0.3 is 31.9 Å². The van der Waals surface area contributed by atoms with Crippen LogP contribution < -0.4 is 31.9 Å². The van der Waals surface area contributed by atoms with E-state index in [9.17, 15) is 28.8 Å². The number of unbranched alkanes of at least 4 members (excludes halogenated alkanes) is 10. The summed E-state index contributed by atoms with van der Waals surface area (Å²) in [5, 5.41) is 17.5. The van der Waals surface area contributed by atoms with Crippen LogP contribution in [0.5, 0.6) is 0 Å². The van der Waals surface area contributed by atoms with Gasteiger partial charge in [0.05, 0.1) is 0 Å². The van der Waals surface area contributed by atoms with Gasteiger partial charge in [-0.2, -0.15) is 0 Å². The average molecular weight is 829 g/mol. The Morgan fingerprint density at radius 2 is 0.786 bits per heavy atom. The number of nitrogens with one attached hydrogen (secondary N) is 6. The molecule has 0 spiro atoms. The monoisotopic (exact) mass is 829 g/mol. The van der Waals surface area contributed by atoms with Crippen LogP contribution >= 0.6 is 21.6 Å². The predicted octanol–water partition coefficient (Wildman–Crippen LogP) is 6.95. The van der Waals surface area contributed by atoms with Crippen LogP contribution in [0, 0.1) is 11.8 Å². The van der Waals surface area contributed by atoms with Gasteiger partial charge in [0.15, 0.2) is 0 Å². The number of hydrogen-bond acceptors (Lipinski definition) is 8. The lowest BCUT2D eigenvalue weighted by molar-refractivity contribution is -0.130. The van der Waals surface area contributed by atoms with Gasteiger partial charge in [-0.15, -0.1) is 0 Å². The maximum atomic E-state index is 13.6. The molecule has 0 unspecified atom stereocenters. The van der Waals surface area contributed by atoms with E-state index in [2.05, 4.69) is 45.7 Å². The molecule has 0 saturated heterocycles. The van der Waals surface area contributed by atoms with Crippen molar-refractivity contribution in [1.82, 2.24) is 31.9 Å². The molecule has 0 aliphatic heterocycles. The first-order chi connectivity index (χ1) is 26.8. The zero-order chi connectivity index (χ0) is 42.1. The van der Waals surface area contributed by atoms with Crippen molar-refractivity contribution in [2.75, 3.05) is 25.6 Å². The van der Waals surface area contributed by atoms with E-state index in [-0.39, 0.29) is 72.2 Å². The van der Waals surface area contributed by atoms with Crippen molar-refractivity contribution in [3.8, 4) is 0 Å². The zero-order valence-corrected chi connectivity index (χ0v) is 37.9. The first kappa shape index (κ1) is 53.5. The highest BCUT2D eigenvalue weighted by molar-refractivity contribution is 8.76. The topological polar surface area (TPSA) is 175 Å². The standard InChI is InChI=1S/C42H80N6O6S2/c1-9-11-13-15-17-19-21-39(51)47-35(27-31(3)4)41(53)45-33(23-25-37(49)43-7)29-55-56-30-34(24-26-38(50)44-8)46-42(54)36(28-32(5)6)48-40(52)22-20-18-16-14-12-10-2/h31-36H,9-30H2,1-8H3,(H,43,49)(H,44,50)(H,45,53)(H,46,54)(H,47,51)(H,48,52)/t33-,34-,35-,36-/m0/s1. The minimum atomic E-state index is -0.669. The molecule has 12 nitrogen and oxygen atoms in total. The Morgan fingerprint density at radius 3 is 1.11 bits per heavy atom. The van der Waals surface area contributed by atoms with E-state index in [4.69, 9.17) is 0 Å². The molecule has 326 valence electrons. The summed E-state index contributed by atoms with van der Waals surface area (Å²) in [6, 6.07) is -2.01. The van der Waals surface area contributed by atoms with E-state index in [1.54, 1.807) is 14.1 Å². The van der Waals surface area contributed by atoms with Crippen LogP contribution in [-0.4, -0.2) is 85.2 Å². The molecule has 0 aromatic heterocycles. The molecule has 0 rings (SSSR count). The van der Waals surface area contributed by atoms with Crippen LogP contribution in [0.25, 0.3) is 0 Å². The van der Waals surface area contributed by atoms with Crippen molar-refractivity contribution in [3.05, 3.63) is 0 Å². The van der Waals surface area contributed by atoms with Crippen LogP contribution in [0.2, 0.25) is 0 Å². The highest BCUT2D eigenvalue weighted by Gasteiger charge is 2.27. The molecule has 0 aromatic rings. The van der Waals surface area contributed by atoms with E-state index >= 15 is 0 Å². The van der Waals surface area contributed by atoms with Crippen LogP contribution in [-0.2, 0) is 28.8 Å². The molecule has 0 heterocycles. The molecule has 0 radical (unpaired) electrons. The van der Waals surface area contributed by atoms with Crippen molar-refractivity contribution < 1.29 is 28.8 Å². The maximum absolute atomic E-state index is 13.6. The zero-order valence-electron chi connectivity index (χ0n) is 36.3. The number of rotatable bonds is 35. The number of carbonyl (C=O) groups excluding carboxylic acids is 6. The predicted molar refractivity (Wildman–Crippen MR) is 234 cm³/mol. The molecule has 0 bridgehead atoms. The summed E-state index contributed by atoms with van der Waals surface area (Å²) < 4.78 is 0. The second kappa shape index (κ2) is 34.6. The third kappa shape index (κ3) is 29.7. The Kier molecular flexibility index (Phi) is 33.0. The Hall–Kier alpha value is -2.48. The molecule has 6 amide bonds. The number of carbonyl (C=O) groups is 6. The van der Waals surface area contributed by atoms with Crippen LogP contribution in [0.1, 0.15) is 170 Å². The fourth-order valence-corrected chi connectivity index (χ4v) is 8.77. The van der Waals surface area contributed by atoms with Gasteiger partial charge in [0, 0.05) is 63.4 Å². The van der Waals surface area contributed by atoms with Crippen LogP contribution in [0.15, 0.2) is 0 Å². The largest absolute Gasteiger partial charge is 0.359 e. The normalized spacial score (nSPS) is 13.4. The quantitative estimate of drug-likeness (QED) is 0.0294. The molecule has 14 heteroatoms. The molecule has 0 aliphatic rings. The van der Waals surface area contributed by atoms with Crippen molar-refractivity contribution >= 4 is 57.0 Å². The van der Waals surface area contributed by atoms with Gasteiger partial charge in [-0.05, 0) is 50.4 Å².